The molecule has 0 spiro atoms. The molecular weight excluding hydrogens is 292 g/mol. The smallest absolute Gasteiger partial charge is 0.131 e. The summed E-state index contributed by atoms with van der Waals surface area (Å²) in [6, 6.07) is 0. The van der Waals surface area contributed by atoms with Crippen LogP contribution in [0.25, 0.3) is 0 Å². The van der Waals surface area contributed by atoms with E-state index in [-0.39, 0.29) is 0 Å². The van der Waals surface area contributed by atoms with E-state index in [0.717, 1.165) is 17.7 Å². The third-order valence-electron chi connectivity index (χ3n) is 6.74. The lowest BCUT2D eigenvalue weighted by Crippen LogP contribution is -2.15. The van der Waals surface area contributed by atoms with Crippen LogP contribution < -0.4 is 0 Å². The Bertz CT molecular complexity index is 467. The van der Waals surface area contributed by atoms with Crippen molar-refractivity contribution in [3.8, 4) is 0 Å². The Hall–Kier alpha value is -0.920. The van der Waals surface area contributed by atoms with Gasteiger partial charge in [0.1, 0.15) is 5.82 Å². The van der Waals surface area contributed by atoms with E-state index in [1.807, 2.05) is 0 Å². The molecule has 2 saturated carbocycles. The molecule has 2 heteroatoms. The van der Waals surface area contributed by atoms with Gasteiger partial charge in [0.25, 0.3) is 0 Å². The highest BCUT2D eigenvalue weighted by atomic mass is 14.9. The molecule has 1 aromatic heterocycles. The molecule has 0 aromatic carbocycles. The Morgan fingerprint density at radius 3 is 2.21 bits per heavy atom. The fraction of sp³-hybridized carbons (Fsp3) is 0.818. The molecule has 24 heavy (non-hydrogen) atoms. The van der Waals surface area contributed by atoms with Crippen molar-refractivity contribution in [1.82, 2.24) is 9.97 Å². The number of aromatic nitrogens is 2. The second kappa shape index (κ2) is 8.97. The molecule has 0 amide bonds. The summed E-state index contributed by atoms with van der Waals surface area (Å²) in [6.07, 6.45) is 20.7. The molecular formula is C22H36N2. The van der Waals surface area contributed by atoms with Crippen LogP contribution in [0.4, 0.5) is 0 Å². The predicted molar refractivity (Wildman–Crippen MR) is 101 cm³/mol. The van der Waals surface area contributed by atoms with Gasteiger partial charge in [-0.3, -0.25) is 0 Å². The second-order valence-corrected chi connectivity index (χ2v) is 8.52. The van der Waals surface area contributed by atoms with Gasteiger partial charge in [0.05, 0.1) is 0 Å². The minimum absolute atomic E-state index is 0.629. The first-order valence-corrected chi connectivity index (χ1v) is 10.6. The van der Waals surface area contributed by atoms with Gasteiger partial charge in [-0.2, -0.15) is 0 Å². The first-order chi connectivity index (χ1) is 11.8. The molecule has 2 aliphatic carbocycles. The number of hydrogen-bond donors (Lipinski definition) is 0. The van der Waals surface area contributed by atoms with Crippen LogP contribution in [-0.4, -0.2) is 9.97 Å². The lowest BCUT2D eigenvalue weighted by atomic mass is 9.77. The highest BCUT2D eigenvalue weighted by molar-refractivity contribution is 5.14. The van der Waals surface area contributed by atoms with E-state index in [0.29, 0.717) is 11.8 Å². The van der Waals surface area contributed by atoms with Crippen LogP contribution >= 0.6 is 0 Å². The van der Waals surface area contributed by atoms with Gasteiger partial charge < -0.3 is 0 Å². The molecule has 1 aromatic rings. The van der Waals surface area contributed by atoms with Gasteiger partial charge in [-0.1, -0.05) is 52.4 Å². The summed E-state index contributed by atoms with van der Waals surface area (Å²) in [7, 11) is 0. The number of nitrogens with zero attached hydrogens (tertiary/aromatic N) is 2. The third kappa shape index (κ3) is 4.80. The van der Waals surface area contributed by atoms with E-state index < -0.39 is 0 Å². The van der Waals surface area contributed by atoms with E-state index >= 15 is 0 Å². The molecule has 0 aliphatic heterocycles. The molecule has 2 aliphatic rings. The van der Waals surface area contributed by atoms with Crippen molar-refractivity contribution in [1.29, 1.82) is 0 Å². The molecule has 0 radical (unpaired) electrons. The van der Waals surface area contributed by atoms with Crippen molar-refractivity contribution >= 4 is 0 Å². The van der Waals surface area contributed by atoms with Crippen LogP contribution in [0.5, 0.6) is 0 Å². The predicted octanol–water partition coefficient (Wildman–Crippen LogP) is 6.62. The molecule has 1 unspecified atom stereocenters. The van der Waals surface area contributed by atoms with Gasteiger partial charge >= 0.3 is 0 Å². The van der Waals surface area contributed by atoms with E-state index in [2.05, 4.69) is 26.2 Å². The molecule has 1 atom stereocenters. The molecule has 1 heterocycles. The largest absolute Gasteiger partial charge is 0.241 e. The standard InChI is InChI=1S/C22H36N2/c1-3-17(2)9-10-18-11-13-19(14-12-18)21-15-23-22(24-16-21)20-7-5-4-6-8-20/h15-20H,3-14H2,1-2H3. The van der Waals surface area contributed by atoms with Crippen LogP contribution in [0.3, 0.4) is 0 Å². The normalized spacial score (nSPS) is 27.1. The number of rotatable bonds is 6. The third-order valence-corrected chi connectivity index (χ3v) is 6.74. The highest BCUT2D eigenvalue weighted by Gasteiger charge is 2.24. The second-order valence-electron chi connectivity index (χ2n) is 8.52. The Balaban J connectivity index is 1.47. The van der Waals surface area contributed by atoms with Crippen LogP contribution in [0.2, 0.25) is 0 Å². The van der Waals surface area contributed by atoms with E-state index in [9.17, 15) is 0 Å². The number of hydrogen-bond acceptors (Lipinski definition) is 2. The maximum atomic E-state index is 4.76. The topological polar surface area (TPSA) is 25.8 Å². The van der Waals surface area contributed by atoms with Crippen molar-refractivity contribution in [3.63, 3.8) is 0 Å². The molecule has 0 bridgehead atoms. The van der Waals surface area contributed by atoms with Crippen molar-refractivity contribution in [2.75, 3.05) is 0 Å². The Morgan fingerprint density at radius 1 is 0.917 bits per heavy atom. The van der Waals surface area contributed by atoms with Crippen LogP contribution in [0.15, 0.2) is 12.4 Å². The van der Waals surface area contributed by atoms with Crippen molar-refractivity contribution in [2.45, 2.75) is 103 Å². The summed E-state index contributed by atoms with van der Waals surface area (Å²) < 4.78 is 0. The van der Waals surface area contributed by atoms with Gasteiger partial charge in [-0.05, 0) is 61.8 Å². The highest BCUT2D eigenvalue weighted by Crippen LogP contribution is 2.38. The monoisotopic (exact) mass is 328 g/mol. The Morgan fingerprint density at radius 2 is 1.58 bits per heavy atom. The molecule has 2 fully saturated rings. The van der Waals surface area contributed by atoms with Crippen molar-refractivity contribution < 1.29 is 0 Å². The van der Waals surface area contributed by atoms with Gasteiger partial charge in [-0.25, -0.2) is 9.97 Å². The fourth-order valence-electron chi connectivity index (χ4n) is 4.64. The summed E-state index contributed by atoms with van der Waals surface area (Å²) in [4.78, 5) is 9.51. The van der Waals surface area contributed by atoms with Crippen molar-refractivity contribution in [2.24, 2.45) is 11.8 Å². The van der Waals surface area contributed by atoms with E-state index in [1.54, 1.807) is 0 Å². The zero-order chi connectivity index (χ0) is 16.8. The maximum absolute atomic E-state index is 4.76. The molecule has 0 N–H and O–H groups in total. The minimum atomic E-state index is 0.629. The first-order valence-electron chi connectivity index (χ1n) is 10.6. The average molecular weight is 329 g/mol. The van der Waals surface area contributed by atoms with E-state index in [4.69, 9.17) is 9.97 Å². The molecule has 134 valence electrons. The first kappa shape index (κ1) is 17.9. The van der Waals surface area contributed by atoms with Gasteiger partial charge in [0.2, 0.25) is 0 Å². The fourth-order valence-corrected chi connectivity index (χ4v) is 4.64. The summed E-state index contributed by atoms with van der Waals surface area (Å²) >= 11 is 0. The zero-order valence-electron chi connectivity index (χ0n) is 15.8. The summed E-state index contributed by atoms with van der Waals surface area (Å²) in [6.45, 7) is 4.72. The maximum Gasteiger partial charge on any atom is 0.131 e. The SMILES string of the molecule is CCC(C)CCC1CCC(c2cnc(C3CCCCC3)nc2)CC1. The Kier molecular flexibility index (Phi) is 6.68. The minimum Gasteiger partial charge on any atom is -0.241 e. The lowest BCUT2D eigenvalue weighted by molar-refractivity contribution is 0.288. The van der Waals surface area contributed by atoms with Crippen molar-refractivity contribution in [3.05, 3.63) is 23.8 Å². The molecule has 3 rings (SSSR count). The summed E-state index contributed by atoms with van der Waals surface area (Å²) in [5, 5.41) is 0. The van der Waals surface area contributed by atoms with Crippen LogP contribution in [-0.2, 0) is 0 Å². The Labute approximate surface area is 148 Å². The van der Waals surface area contributed by atoms with Gasteiger partial charge in [0.15, 0.2) is 0 Å². The molecule has 2 nitrogen and oxygen atoms in total. The summed E-state index contributed by atoms with van der Waals surface area (Å²) in [5.74, 6) is 4.33. The van der Waals surface area contributed by atoms with Crippen LogP contribution in [0, 0.1) is 11.8 Å². The van der Waals surface area contributed by atoms with Crippen LogP contribution in [0.1, 0.15) is 114 Å². The van der Waals surface area contributed by atoms with E-state index in [1.165, 1.54) is 82.6 Å². The molecule has 0 saturated heterocycles. The zero-order valence-corrected chi connectivity index (χ0v) is 15.8. The van der Waals surface area contributed by atoms with Gasteiger partial charge in [-0.15, -0.1) is 0 Å². The lowest BCUT2D eigenvalue weighted by Gasteiger charge is -2.29. The quantitative estimate of drug-likeness (QED) is 0.586. The van der Waals surface area contributed by atoms with Gasteiger partial charge in [0, 0.05) is 18.3 Å². The average Bonchev–Trinajstić information content (AvgIpc) is 2.67. The summed E-state index contributed by atoms with van der Waals surface area (Å²) in [5.41, 5.74) is 1.40.